The fourth-order valence-electron chi connectivity index (χ4n) is 2.43. The summed E-state index contributed by atoms with van der Waals surface area (Å²) in [7, 11) is 1.97. The Morgan fingerprint density at radius 1 is 1.18 bits per heavy atom. The molecule has 0 spiro atoms. The number of tetrazole rings is 1. The smallest absolute Gasteiger partial charge is 0.200 e. The summed E-state index contributed by atoms with van der Waals surface area (Å²) in [5, 5.41) is 16.8. The van der Waals surface area contributed by atoms with Gasteiger partial charge in [0.25, 0.3) is 0 Å². The number of nitrogens with zero attached hydrogens (tertiary/aromatic N) is 6. The van der Waals surface area contributed by atoms with E-state index in [2.05, 4.69) is 33.6 Å². The number of aromatic nitrogens is 5. The minimum atomic E-state index is 0.0360. The summed E-state index contributed by atoms with van der Waals surface area (Å²) in [6.07, 6.45) is 0. The number of benzene rings is 1. The van der Waals surface area contributed by atoms with Crippen molar-refractivity contribution in [2.24, 2.45) is 0 Å². The standard InChI is InChI=1S/C15H14N6O/c1-10(13-9-11-5-3-4-6-12(11)22-13)20(2)15-8-7-14-16-18-19-21(14)17-15/h3-10H,1-2H3. The first-order valence-electron chi connectivity index (χ1n) is 6.99. The number of hydrogen-bond acceptors (Lipinski definition) is 6. The fraction of sp³-hybridized carbons (Fsp3) is 0.200. The van der Waals surface area contributed by atoms with Gasteiger partial charge in [-0.2, -0.15) is 0 Å². The quantitative estimate of drug-likeness (QED) is 0.578. The van der Waals surface area contributed by atoms with Crippen LogP contribution in [0.15, 0.2) is 46.9 Å². The Kier molecular flexibility index (Phi) is 2.78. The summed E-state index contributed by atoms with van der Waals surface area (Å²) in [5.74, 6) is 1.66. The highest BCUT2D eigenvalue weighted by molar-refractivity contribution is 5.77. The predicted octanol–water partition coefficient (Wildman–Crippen LogP) is 2.46. The van der Waals surface area contributed by atoms with Crippen LogP contribution in [0.25, 0.3) is 16.6 Å². The van der Waals surface area contributed by atoms with Gasteiger partial charge in [0.2, 0.25) is 0 Å². The maximum atomic E-state index is 5.93. The molecule has 4 aromatic rings. The second-order valence-electron chi connectivity index (χ2n) is 5.19. The van der Waals surface area contributed by atoms with Crippen LogP contribution < -0.4 is 4.90 Å². The van der Waals surface area contributed by atoms with Gasteiger partial charge in [-0.3, -0.25) is 0 Å². The van der Waals surface area contributed by atoms with Crippen molar-refractivity contribution in [1.82, 2.24) is 25.3 Å². The zero-order valence-electron chi connectivity index (χ0n) is 12.2. The van der Waals surface area contributed by atoms with Crippen molar-refractivity contribution < 1.29 is 4.42 Å². The average molecular weight is 294 g/mol. The normalized spacial score (nSPS) is 12.8. The molecule has 0 N–H and O–H groups in total. The highest BCUT2D eigenvalue weighted by Crippen LogP contribution is 2.28. The minimum Gasteiger partial charge on any atom is -0.459 e. The van der Waals surface area contributed by atoms with Gasteiger partial charge in [-0.05, 0) is 41.6 Å². The van der Waals surface area contributed by atoms with Gasteiger partial charge >= 0.3 is 0 Å². The zero-order valence-corrected chi connectivity index (χ0v) is 12.2. The second-order valence-corrected chi connectivity index (χ2v) is 5.19. The predicted molar refractivity (Wildman–Crippen MR) is 81.6 cm³/mol. The lowest BCUT2D eigenvalue weighted by molar-refractivity contribution is 0.499. The summed E-state index contributed by atoms with van der Waals surface area (Å²) in [6.45, 7) is 2.07. The molecule has 4 rings (SSSR count). The number of fused-ring (bicyclic) bond motifs is 2. The largest absolute Gasteiger partial charge is 0.459 e. The van der Waals surface area contributed by atoms with Crippen molar-refractivity contribution in [3.05, 3.63) is 48.2 Å². The topological polar surface area (TPSA) is 72.4 Å². The molecule has 3 aromatic heterocycles. The molecule has 7 nitrogen and oxygen atoms in total. The van der Waals surface area contributed by atoms with Crippen LogP contribution in [0.3, 0.4) is 0 Å². The molecule has 0 radical (unpaired) electrons. The molecule has 0 saturated carbocycles. The lowest BCUT2D eigenvalue weighted by atomic mass is 10.2. The van der Waals surface area contributed by atoms with E-state index in [1.165, 1.54) is 4.63 Å². The zero-order chi connectivity index (χ0) is 15.1. The summed E-state index contributed by atoms with van der Waals surface area (Å²) < 4.78 is 7.34. The third kappa shape index (κ3) is 1.98. The van der Waals surface area contributed by atoms with Gasteiger partial charge in [-0.1, -0.05) is 18.2 Å². The van der Waals surface area contributed by atoms with Crippen LogP contribution in [-0.2, 0) is 0 Å². The third-order valence-electron chi connectivity index (χ3n) is 3.85. The van der Waals surface area contributed by atoms with E-state index in [4.69, 9.17) is 4.42 Å². The van der Waals surface area contributed by atoms with Crippen LogP contribution in [0.5, 0.6) is 0 Å². The van der Waals surface area contributed by atoms with Crippen LogP contribution in [0.2, 0.25) is 0 Å². The molecule has 7 heteroatoms. The van der Waals surface area contributed by atoms with Gasteiger partial charge in [0.05, 0.1) is 6.04 Å². The molecule has 1 aromatic carbocycles. The molecular formula is C15H14N6O. The molecule has 0 bridgehead atoms. The van der Waals surface area contributed by atoms with Crippen molar-refractivity contribution >= 4 is 22.4 Å². The summed E-state index contributed by atoms with van der Waals surface area (Å²) in [4.78, 5) is 2.03. The number of hydrogen-bond donors (Lipinski definition) is 0. The fourth-order valence-corrected chi connectivity index (χ4v) is 2.43. The van der Waals surface area contributed by atoms with Crippen molar-refractivity contribution in [2.75, 3.05) is 11.9 Å². The van der Waals surface area contributed by atoms with Crippen molar-refractivity contribution in [3.8, 4) is 0 Å². The Bertz CT molecular complexity index is 904. The highest BCUT2D eigenvalue weighted by Gasteiger charge is 2.18. The molecule has 0 aliphatic heterocycles. The number of furan rings is 1. The van der Waals surface area contributed by atoms with Gasteiger partial charge in [0, 0.05) is 12.4 Å². The van der Waals surface area contributed by atoms with E-state index in [-0.39, 0.29) is 6.04 Å². The van der Waals surface area contributed by atoms with Crippen LogP contribution in [0, 0.1) is 0 Å². The molecule has 0 aliphatic carbocycles. The Hall–Kier alpha value is -2.96. The molecule has 1 unspecified atom stereocenters. The van der Waals surface area contributed by atoms with Crippen molar-refractivity contribution in [1.29, 1.82) is 0 Å². The van der Waals surface area contributed by atoms with Crippen LogP contribution in [0.1, 0.15) is 18.7 Å². The van der Waals surface area contributed by atoms with Crippen molar-refractivity contribution in [2.45, 2.75) is 13.0 Å². The van der Waals surface area contributed by atoms with Gasteiger partial charge in [-0.25, -0.2) is 0 Å². The lowest BCUT2D eigenvalue weighted by Crippen LogP contribution is -2.23. The van der Waals surface area contributed by atoms with Gasteiger partial charge < -0.3 is 9.32 Å². The Morgan fingerprint density at radius 2 is 2.05 bits per heavy atom. The van der Waals surface area contributed by atoms with E-state index in [0.29, 0.717) is 5.65 Å². The van der Waals surface area contributed by atoms with E-state index >= 15 is 0 Å². The van der Waals surface area contributed by atoms with Gasteiger partial charge in [-0.15, -0.1) is 14.8 Å². The third-order valence-corrected chi connectivity index (χ3v) is 3.85. The molecule has 1 atom stereocenters. The Labute approximate surface area is 126 Å². The van der Waals surface area contributed by atoms with E-state index in [1.54, 1.807) is 0 Å². The van der Waals surface area contributed by atoms with E-state index in [0.717, 1.165) is 22.5 Å². The molecule has 0 aliphatic rings. The van der Waals surface area contributed by atoms with Crippen molar-refractivity contribution in [3.63, 3.8) is 0 Å². The average Bonchev–Trinajstić information content (AvgIpc) is 3.18. The monoisotopic (exact) mass is 294 g/mol. The first kappa shape index (κ1) is 12.8. The number of rotatable bonds is 3. The van der Waals surface area contributed by atoms with Crippen LogP contribution in [0.4, 0.5) is 5.82 Å². The van der Waals surface area contributed by atoms with Crippen LogP contribution >= 0.6 is 0 Å². The van der Waals surface area contributed by atoms with Gasteiger partial charge in [0.1, 0.15) is 11.3 Å². The minimum absolute atomic E-state index is 0.0360. The first-order valence-corrected chi connectivity index (χ1v) is 6.99. The van der Waals surface area contributed by atoms with Gasteiger partial charge in [0.15, 0.2) is 11.5 Å². The molecule has 0 amide bonds. The summed E-state index contributed by atoms with van der Waals surface area (Å²) in [6, 6.07) is 13.8. The lowest BCUT2D eigenvalue weighted by Gasteiger charge is -2.23. The molecule has 0 fully saturated rings. The molecule has 0 saturated heterocycles. The van der Waals surface area contributed by atoms with E-state index in [9.17, 15) is 0 Å². The number of para-hydroxylation sites is 1. The molecule has 110 valence electrons. The maximum absolute atomic E-state index is 5.93. The SMILES string of the molecule is CC(c1cc2ccccc2o1)N(C)c1ccc2nnnn2n1. The van der Waals surface area contributed by atoms with E-state index in [1.807, 2.05) is 48.3 Å². The Morgan fingerprint density at radius 3 is 2.91 bits per heavy atom. The molecule has 3 heterocycles. The van der Waals surface area contributed by atoms with Crippen LogP contribution in [-0.4, -0.2) is 32.3 Å². The maximum Gasteiger partial charge on any atom is 0.200 e. The summed E-state index contributed by atoms with van der Waals surface area (Å²) >= 11 is 0. The Balaban J connectivity index is 1.69. The number of anilines is 1. The van der Waals surface area contributed by atoms with E-state index < -0.39 is 0 Å². The molecular weight excluding hydrogens is 280 g/mol. The highest BCUT2D eigenvalue weighted by atomic mass is 16.3. The first-order chi connectivity index (χ1) is 10.7. The second kappa shape index (κ2) is 4.80. The molecule has 22 heavy (non-hydrogen) atoms. The summed E-state index contributed by atoms with van der Waals surface area (Å²) in [5.41, 5.74) is 1.51.